The maximum atomic E-state index is 13.9. The van der Waals surface area contributed by atoms with E-state index in [1.54, 1.807) is 7.05 Å². The van der Waals surface area contributed by atoms with E-state index in [0.717, 1.165) is 11.0 Å². The summed E-state index contributed by atoms with van der Waals surface area (Å²) in [7, 11) is -0.787. The minimum atomic E-state index is -3.76. The molecule has 0 aromatic heterocycles. The number of halogens is 2. The molecule has 2 fully saturated rings. The monoisotopic (exact) mass is 403 g/mol. The summed E-state index contributed by atoms with van der Waals surface area (Å²) in [5.41, 5.74) is -0.956. The third-order valence-electron chi connectivity index (χ3n) is 5.21. The van der Waals surface area contributed by atoms with Gasteiger partial charge in [0.05, 0.1) is 5.75 Å². The fourth-order valence-corrected chi connectivity index (χ4v) is 5.27. The van der Waals surface area contributed by atoms with Crippen LogP contribution in [-0.2, 0) is 20.6 Å². The Bertz CT molecular complexity index is 868. The van der Waals surface area contributed by atoms with Crippen molar-refractivity contribution in [2.45, 2.75) is 24.1 Å². The number of hydrogen-bond acceptors (Lipinski definition) is 4. The minimum absolute atomic E-state index is 0.0404. The summed E-state index contributed by atoms with van der Waals surface area (Å²) in [4.78, 5) is 26.9. The van der Waals surface area contributed by atoms with Crippen molar-refractivity contribution in [1.29, 1.82) is 0 Å². The second-order valence-electron chi connectivity index (χ2n) is 6.63. The molecule has 26 heavy (non-hydrogen) atoms. The van der Waals surface area contributed by atoms with Gasteiger partial charge in [0.25, 0.3) is 5.91 Å². The van der Waals surface area contributed by atoms with Gasteiger partial charge >= 0.3 is 6.03 Å². The Labute approximate surface area is 156 Å². The Morgan fingerprint density at radius 3 is 2.31 bits per heavy atom. The lowest BCUT2D eigenvalue weighted by atomic mass is 9.87. The first-order valence-electron chi connectivity index (χ1n) is 8.06. The molecule has 0 N–H and O–H groups in total. The predicted octanol–water partition coefficient (Wildman–Crippen LogP) is 1.67. The van der Waals surface area contributed by atoms with Crippen LogP contribution in [-0.4, -0.2) is 67.2 Å². The first-order chi connectivity index (χ1) is 12.1. The van der Waals surface area contributed by atoms with E-state index in [-0.39, 0.29) is 42.4 Å². The summed E-state index contributed by atoms with van der Waals surface area (Å²) in [6.45, 7) is 0.184. The van der Waals surface area contributed by atoms with E-state index < -0.39 is 33.2 Å². The van der Waals surface area contributed by atoms with Gasteiger partial charge in [0.1, 0.15) is 11.4 Å². The molecule has 0 atom stereocenters. The fourth-order valence-electron chi connectivity index (χ4n) is 3.56. The number of carbonyl (C=O) groups is 2. The van der Waals surface area contributed by atoms with E-state index in [9.17, 15) is 22.4 Å². The van der Waals surface area contributed by atoms with Crippen molar-refractivity contribution >= 4 is 33.6 Å². The van der Waals surface area contributed by atoms with Gasteiger partial charge in [-0.3, -0.25) is 9.69 Å². The molecule has 0 bridgehead atoms. The molecule has 1 spiro atoms. The van der Waals surface area contributed by atoms with Gasteiger partial charge in [0.15, 0.2) is 0 Å². The van der Waals surface area contributed by atoms with Crippen LogP contribution in [0.1, 0.15) is 18.4 Å². The Morgan fingerprint density at radius 2 is 1.81 bits per heavy atom. The highest BCUT2D eigenvalue weighted by Gasteiger charge is 2.56. The number of amides is 3. The van der Waals surface area contributed by atoms with Crippen LogP contribution in [0, 0.1) is 5.82 Å². The number of piperidine rings is 1. The highest BCUT2D eigenvalue weighted by molar-refractivity contribution is 7.88. The van der Waals surface area contributed by atoms with Gasteiger partial charge in [-0.25, -0.2) is 21.9 Å². The lowest BCUT2D eigenvalue weighted by Crippen LogP contribution is -2.56. The standard InChI is InChI=1S/C16H19ClFN3O4S/c1-19-14(22)16(20(2)15(19)23)5-7-21(8-6-16)26(24,25)10-11-3-4-12(17)9-13(11)18/h3-4,9H,5-8,10H2,1-2H3. The first kappa shape index (κ1) is 19.1. The molecule has 2 aliphatic heterocycles. The number of rotatable bonds is 3. The number of carbonyl (C=O) groups excluding carboxylic acids is 2. The lowest BCUT2D eigenvalue weighted by Gasteiger charge is -2.40. The van der Waals surface area contributed by atoms with Crippen LogP contribution in [0.5, 0.6) is 0 Å². The number of benzene rings is 1. The van der Waals surface area contributed by atoms with Gasteiger partial charge in [-0.05, 0) is 25.0 Å². The molecule has 2 heterocycles. The van der Waals surface area contributed by atoms with Crippen molar-refractivity contribution in [3.8, 4) is 0 Å². The Hall–Kier alpha value is -1.71. The summed E-state index contributed by atoms with van der Waals surface area (Å²) < 4.78 is 40.4. The third kappa shape index (κ3) is 2.97. The van der Waals surface area contributed by atoms with Crippen LogP contribution in [0.2, 0.25) is 5.02 Å². The van der Waals surface area contributed by atoms with Crippen LogP contribution >= 0.6 is 11.6 Å². The zero-order chi connectivity index (χ0) is 19.3. The average molecular weight is 404 g/mol. The number of sulfonamides is 1. The number of urea groups is 1. The van der Waals surface area contributed by atoms with Crippen molar-refractivity contribution in [2.24, 2.45) is 0 Å². The molecule has 3 rings (SSSR count). The van der Waals surface area contributed by atoms with Gasteiger partial charge in [-0.2, -0.15) is 0 Å². The van der Waals surface area contributed by atoms with E-state index in [0.29, 0.717) is 0 Å². The summed E-state index contributed by atoms with van der Waals surface area (Å²) >= 11 is 5.69. The molecular formula is C16H19ClFN3O4S. The molecule has 2 saturated heterocycles. The zero-order valence-corrected chi connectivity index (χ0v) is 16.0. The smallest absolute Gasteiger partial charge is 0.312 e. The number of likely N-dealkylation sites (N-methyl/N-ethyl adjacent to an activating group) is 2. The molecule has 142 valence electrons. The molecule has 0 saturated carbocycles. The number of hydrogen-bond donors (Lipinski definition) is 0. The van der Waals surface area contributed by atoms with E-state index in [1.165, 1.54) is 28.4 Å². The second-order valence-corrected chi connectivity index (χ2v) is 9.03. The molecule has 7 nitrogen and oxygen atoms in total. The molecule has 0 aliphatic carbocycles. The lowest BCUT2D eigenvalue weighted by molar-refractivity contribution is -0.133. The molecule has 3 amide bonds. The number of nitrogens with zero attached hydrogens (tertiary/aromatic N) is 3. The SMILES string of the molecule is CN1C(=O)N(C)C2(CCN(S(=O)(=O)Cc3ccc(Cl)cc3F)CC2)C1=O. The van der Waals surface area contributed by atoms with Crippen LogP contribution in [0.25, 0.3) is 0 Å². The summed E-state index contributed by atoms with van der Waals surface area (Å²) in [6, 6.07) is 3.47. The molecule has 0 unspecified atom stereocenters. The van der Waals surface area contributed by atoms with Gasteiger partial charge in [-0.15, -0.1) is 0 Å². The number of imide groups is 1. The van der Waals surface area contributed by atoms with Gasteiger partial charge in [0.2, 0.25) is 10.0 Å². The third-order valence-corrected chi connectivity index (χ3v) is 7.28. The van der Waals surface area contributed by atoms with E-state index in [1.807, 2.05) is 0 Å². The molecule has 10 heteroatoms. The van der Waals surface area contributed by atoms with Crippen molar-refractivity contribution in [1.82, 2.24) is 14.1 Å². The van der Waals surface area contributed by atoms with Crippen molar-refractivity contribution in [3.05, 3.63) is 34.6 Å². The summed E-state index contributed by atoms with van der Waals surface area (Å²) in [5.74, 6) is -1.47. The Kier molecular flexibility index (Phi) is 4.74. The first-order valence-corrected chi connectivity index (χ1v) is 10.0. The average Bonchev–Trinajstić information content (AvgIpc) is 2.74. The van der Waals surface area contributed by atoms with Gasteiger partial charge < -0.3 is 4.90 Å². The zero-order valence-electron chi connectivity index (χ0n) is 14.4. The maximum Gasteiger partial charge on any atom is 0.327 e. The van der Waals surface area contributed by atoms with Crippen LogP contribution in [0.4, 0.5) is 9.18 Å². The van der Waals surface area contributed by atoms with Gasteiger partial charge in [0, 0.05) is 37.8 Å². The topological polar surface area (TPSA) is 78.0 Å². The van der Waals surface area contributed by atoms with Crippen LogP contribution in [0.15, 0.2) is 18.2 Å². The fraction of sp³-hybridized carbons (Fsp3) is 0.500. The van der Waals surface area contributed by atoms with E-state index in [4.69, 9.17) is 11.6 Å². The summed E-state index contributed by atoms with van der Waals surface area (Å²) in [6.07, 6.45) is 0.418. The highest BCUT2D eigenvalue weighted by atomic mass is 35.5. The molecule has 2 aliphatic rings. The molecule has 0 radical (unpaired) electrons. The normalized spacial score (nSPS) is 21.1. The Balaban J connectivity index is 1.75. The van der Waals surface area contributed by atoms with Crippen molar-refractivity contribution in [3.63, 3.8) is 0 Å². The quantitative estimate of drug-likeness (QED) is 0.719. The highest BCUT2D eigenvalue weighted by Crippen LogP contribution is 2.36. The Morgan fingerprint density at radius 1 is 1.19 bits per heavy atom. The predicted molar refractivity (Wildman–Crippen MR) is 93.5 cm³/mol. The van der Waals surface area contributed by atoms with Crippen molar-refractivity contribution in [2.75, 3.05) is 27.2 Å². The van der Waals surface area contributed by atoms with Gasteiger partial charge in [-0.1, -0.05) is 17.7 Å². The van der Waals surface area contributed by atoms with Crippen molar-refractivity contribution < 1.29 is 22.4 Å². The molecular weight excluding hydrogens is 385 g/mol. The van der Waals surface area contributed by atoms with Crippen LogP contribution < -0.4 is 0 Å². The summed E-state index contributed by atoms with van der Waals surface area (Å²) in [5, 5.41) is 0.195. The largest absolute Gasteiger partial charge is 0.327 e. The van der Waals surface area contributed by atoms with E-state index in [2.05, 4.69) is 0 Å². The van der Waals surface area contributed by atoms with E-state index >= 15 is 0 Å². The molecule has 1 aromatic carbocycles. The van der Waals surface area contributed by atoms with Crippen LogP contribution in [0.3, 0.4) is 0 Å². The second kappa shape index (κ2) is 6.47. The molecule has 1 aromatic rings. The maximum absolute atomic E-state index is 13.9. The minimum Gasteiger partial charge on any atom is -0.312 e.